The molecule has 0 bridgehead atoms. The van der Waals surface area contributed by atoms with Crippen molar-refractivity contribution in [3.8, 4) is 0 Å². The van der Waals surface area contributed by atoms with E-state index in [9.17, 15) is 4.80 Å². The predicted molar refractivity (Wildman–Crippen MR) is 63.1 cm³/mol. The monoisotopic (exact) mass is 207 g/mol. The molecule has 14 heavy (non-hydrogen) atoms. The van der Waals surface area contributed by atoms with Crippen LogP contribution < -0.4 is 5.19 Å². The van der Waals surface area contributed by atoms with Gasteiger partial charge < -0.3 is 4.80 Å². The van der Waals surface area contributed by atoms with Crippen molar-refractivity contribution >= 4 is 14.2 Å². The number of rotatable bonds is 5. The minimum atomic E-state index is -1.27. The van der Waals surface area contributed by atoms with Crippen LogP contribution in [-0.4, -0.2) is 13.8 Å². The largest absolute Gasteiger partial charge is 0.427 e. The van der Waals surface area contributed by atoms with Crippen molar-refractivity contribution in [3.63, 3.8) is 0 Å². The van der Waals surface area contributed by atoms with E-state index < -0.39 is 9.04 Å². The zero-order valence-electron chi connectivity index (χ0n) is 9.09. The topological polar surface area (TPSA) is 20.2 Å². The first kappa shape index (κ1) is 11.5. The molecule has 0 aliphatic heterocycles. The Morgan fingerprint density at radius 2 is 1.93 bits per heavy atom. The molecule has 0 aliphatic carbocycles. The molecule has 1 radical (unpaired) electrons. The molecule has 0 fully saturated rings. The van der Waals surface area contributed by atoms with Gasteiger partial charge in [0.25, 0.3) is 0 Å². The van der Waals surface area contributed by atoms with E-state index in [1.54, 1.807) is 0 Å². The molecular formula is C12H19OSi. The van der Waals surface area contributed by atoms with Gasteiger partial charge in [-0.05, 0) is 23.2 Å². The predicted octanol–water partition coefficient (Wildman–Crippen LogP) is 2.24. The second-order valence-electron chi connectivity index (χ2n) is 3.56. The van der Waals surface area contributed by atoms with Crippen LogP contribution in [0, 0.1) is 0 Å². The highest BCUT2D eigenvalue weighted by Gasteiger charge is 2.13. The highest BCUT2D eigenvalue weighted by atomic mass is 28.3. The lowest BCUT2D eigenvalue weighted by Gasteiger charge is -2.11. The van der Waals surface area contributed by atoms with E-state index in [4.69, 9.17) is 0 Å². The van der Waals surface area contributed by atoms with E-state index >= 15 is 0 Å². The minimum Gasteiger partial charge on any atom is -0.427 e. The number of benzene rings is 1. The molecule has 1 N–H and O–H groups in total. The second kappa shape index (κ2) is 5.99. The Morgan fingerprint density at radius 3 is 2.57 bits per heavy atom. The minimum absolute atomic E-state index is 0.984. The van der Waals surface area contributed by atoms with Crippen LogP contribution in [-0.2, 0) is 6.42 Å². The Hall–Kier alpha value is -0.603. The van der Waals surface area contributed by atoms with E-state index in [-0.39, 0.29) is 0 Å². The maximum Gasteiger partial charge on any atom is 0.243 e. The van der Waals surface area contributed by atoms with Crippen molar-refractivity contribution < 1.29 is 4.80 Å². The molecular weight excluding hydrogens is 188 g/mol. The van der Waals surface area contributed by atoms with Gasteiger partial charge in [0.1, 0.15) is 0 Å². The molecule has 0 amide bonds. The van der Waals surface area contributed by atoms with Crippen molar-refractivity contribution in [1.29, 1.82) is 0 Å². The van der Waals surface area contributed by atoms with Crippen LogP contribution in [0.3, 0.4) is 0 Å². The first-order valence-corrected chi connectivity index (χ1v) is 7.08. The summed E-state index contributed by atoms with van der Waals surface area (Å²) in [5, 5.41) is 1.22. The molecule has 0 aromatic heterocycles. The first-order valence-electron chi connectivity index (χ1n) is 5.42. The van der Waals surface area contributed by atoms with Gasteiger partial charge in [-0.15, -0.1) is 0 Å². The average Bonchev–Trinajstić information content (AvgIpc) is 2.25. The molecule has 0 unspecified atom stereocenters. The molecule has 0 saturated carbocycles. The van der Waals surface area contributed by atoms with Gasteiger partial charge in [0, 0.05) is 0 Å². The number of hydrogen-bond donors (Lipinski definition) is 1. The van der Waals surface area contributed by atoms with Gasteiger partial charge in [0.2, 0.25) is 9.04 Å². The van der Waals surface area contributed by atoms with Gasteiger partial charge in [0.15, 0.2) is 0 Å². The molecule has 0 spiro atoms. The Bertz CT molecular complexity index is 273. The fourth-order valence-corrected chi connectivity index (χ4v) is 3.47. The summed E-state index contributed by atoms with van der Waals surface area (Å²) < 4.78 is 0. The van der Waals surface area contributed by atoms with E-state index in [1.807, 2.05) is 6.07 Å². The number of aryl methyl sites for hydroxylation is 1. The first-order chi connectivity index (χ1) is 6.79. The smallest absolute Gasteiger partial charge is 0.243 e. The van der Waals surface area contributed by atoms with Gasteiger partial charge in [-0.3, -0.25) is 0 Å². The Kier molecular flexibility index (Phi) is 4.91. The third kappa shape index (κ3) is 2.96. The van der Waals surface area contributed by atoms with Gasteiger partial charge >= 0.3 is 0 Å². The maximum atomic E-state index is 10.1. The normalized spacial score (nSPS) is 10.9. The summed E-state index contributed by atoms with van der Waals surface area (Å²) in [4.78, 5) is 10.1. The van der Waals surface area contributed by atoms with Gasteiger partial charge in [0.05, 0.1) is 0 Å². The maximum absolute atomic E-state index is 10.1. The summed E-state index contributed by atoms with van der Waals surface area (Å²) in [6.07, 6.45) is 3.34. The molecule has 0 atom stereocenters. The Labute approximate surface area is 88.5 Å². The molecule has 1 aromatic rings. The molecule has 77 valence electrons. The fourth-order valence-electron chi connectivity index (χ4n) is 1.59. The van der Waals surface area contributed by atoms with Crippen LogP contribution in [0.4, 0.5) is 0 Å². The SMILES string of the molecule is CCCC[Si](O)c1ccccc1CC. The van der Waals surface area contributed by atoms with Crippen molar-refractivity contribution in [2.45, 2.75) is 39.2 Å². The number of hydrogen-bond acceptors (Lipinski definition) is 1. The summed E-state index contributed by atoms with van der Waals surface area (Å²) in [5.74, 6) is 0. The molecule has 1 nitrogen and oxygen atoms in total. The van der Waals surface area contributed by atoms with Gasteiger partial charge in [-0.1, -0.05) is 51.0 Å². The van der Waals surface area contributed by atoms with Crippen LogP contribution >= 0.6 is 0 Å². The second-order valence-corrected chi connectivity index (χ2v) is 5.49. The van der Waals surface area contributed by atoms with Crippen molar-refractivity contribution in [2.75, 3.05) is 0 Å². The van der Waals surface area contributed by atoms with Gasteiger partial charge in [-0.2, -0.15) is 0 Å². The Morgan fingerprint density at radius 1 is 1.21 bits per heavy atom. The summed E-state index contributed by atoms with van der Waals surface area (Å²) in [6.45, 7) is 4.31. The molecule has 0 saturated heterocycles. The molecule has 0 aliphatic rings. The lowest BCUT2D eigenvalue weighted by molar-refractivity contribution is 0.577. The molecule has 2 heteroatoms. The highest BCUT2D eigenvalue weighted by molar-refractivity contribution is 6.66. The summed E-state index contributed by atoms with van der Waals surface area (Å²) >= 11 is 0. The van der Waals surface area contributed by atoms with Gasteiger partial charge in [-0.25, -0.2) is 0 Å². The van der Waals surface area contributed by atoms with E-state index in [2.05, 4.69) is 32.0 Å². The van der Waals surface area contributed by atoms with Crippen LogP contribution in [0.5, 0.6) is 0 Å². The Balaban J connectivity index is 2.72. The van der Waals surface area contributed by atoms with Crippen molar-refractivity contribution in [1.82, 2.24) is 0 Å². The van der Waals surface area contributed by atoms with E-state index in [0.717, 1.165) is 18.9 Å². The molecule has 1 aromatic carbocycles. The highest BCUT2D eigenvalue weighted by Crippen LogP contribution is 2.04. The number of unbranched alkanes of at least 4 members (excludes halogenated alkanes) is 1. The third-order valence-corrected chi connectivity index (χ3v) is 4.41. The van der Waals surface area contributed by atoms with Crippen LogP contribution in [0.1, 0.15) is 32.3 Å². The lowest BCUT2D eigenvalue weighted by atomic mass is 10.2. The zero-order chi connectivity index (χ0) is 10.4. The van der Waals surface area contributed by atoms with E-state index in [0.29, 0.717) is 0 Å². The standard InChI is InChI=1S/C12H19OSi/c1-3-5-10-14(13)12-9-7-6-8-11(12)4-2/h6-9,13H,3-5,10H2,1-2H3. The summed E-state index contributed by atoms with van der Waals surface area (Å²) in [5.41, 5.74) is 1.32. The van der Waals surface area contributed by atoms with Crippen molar-refractivity contribution in [2.24, 2.45) is 0 Å². The quantitative estimate of drug-likeness (QED) is 0.734. The van der Waals surface area contributed by atoms with Crippen LogP contribution in [0.15, 0.2) is 24.3 Å². The summed E-state index contributed by atoms with van der Waals surface area (Å²) in [7, 11) is -1.27. The molecule has 0 heterocycles. The lowest BCUT2D eigenvalue weighted by Crippen LogP contribution is -2.32. The van der Waals surface area contributed by atoms with Crippen LogP contribution in [0.25, 0.3) is 0 Å². The zero-order valence-corrected chi connectivity index (χ0v) is 10.1. The van der Waals surface area contributed by atoms with Crippen molar-refractivity contribution in [3.05, 3.63) is 29.8 Å². The average molecular weight is 207 g/mol. The van der Waals surface area contributed by atoms with E-state index in [1.165, 1.54) is 17.2 Å². The summed E-state index contributed by atoms with van der Waals surface area (Å²) in [6, 6.07) is 9.28. The van der Waals surface area contributed by atoms with Crippen LogP contribution in [0.2, 0.25) is 6.04 Å². The fraction of sp³-hybridized carbons (Fsp3) is 0.500. The third-order valence-electron chi connectivity index (χ3n) is 2.48. The molecule has 1 rings (SSSR count).